The number of nitrogens with zero attached hydrogens (tertiary/aromatic N) is 4. The van der Waals surface area contributed by atoms with E-state index < -0.39 is 29.4 Å². The van der Waals surface area contributed by atoms with Crippen molar-refractivity contribution in [1.29, 1.82) is 0 Å². The van der Waals surface area contributed by atoms with Crippen LogP contribution in [0.2, 0.25) is 0 Å². The fourth-order valence-electron chi connectivity index (χ4n) is 4.66. The molecule has 11 nitrogen and oxygen atoms in total. The molecule has 0 spiro atoms. The Morgan fingerprint density at radius 1 is 1.17 bits per heavy atom. The molecule has 0 saturated carbocycles. The van der Waals surface area contributed by atoms with Crippen LogP contribution in [0.3, 0.4) is 0 Å². The number of aryl methyl sites for hydroxylation is 1. The lowest BCUT2D eigenvalue weighted by molar-refractivity contribution is -0.138. The lowest BCUT2D eigenvalue weighted by Crippen LogP contribution is -2.41. The van der Waals surface area contributed by atoms with Crippen molar-refractivity contribution in [3.05, 3.63) is 64.7 Å². The molecule has 2 N–H and O–H groups in total. The standard InChI is InChI=1S/C27H27F3N6O5/c1-15(37)32-24-12-18(6-8-31-24)41-17-4-5-19-21(11-17)35(2)26(33-19)34-20-10-16(27(28,29)30)13-36(25(20)38)22-14-40-9-7-23(22)39-3/h4-6,8,10-13,22-23H,7,9,14H2,1-3H3,(H,33,34)(H,31,32,37)/t22-,23-/m0/s1. The number of aromatic nitrogens is 4. The highest BCUT2D eigenvalue weighted by Crippen LogP contribution is 2.33. The van der Waals surface area contributed by atoms with Gasteiger partial charge in [0.2, 0.25) is 11.9 Å². The van der Waals surface area contributed by atoms with E-state index >= 15 is 0 Å². The molecule has 0 unspecified atom stereocenters. The summed E-state index contributed by atoms with van der Waals surface area (Å²) < 4.78 is 61.0. The van der Waals surface area contributed by atoms with Crippen LogP contribution in [0.5, 0.6) is 11.5 Å². The van der Waals surface area contributed by atoms with Crippen LogP contribution in [0, 0.1) is 0 Å². The molecule has 0 radical (unpaired) electrons. The first kappa shape index (κ1) is 28.1. The molecule has 1 aliphatic heterocycles. The smallest absolute Gasteiger partial charge is 0.417 e. The number of rotatable bonds is 7. The first-order chi connectivity index (χ1) is 19.5. The topological polar surface area (TPSA) is 122 Å². The maximum Gasteiger partial charge on any atom is 0.417 e. The Labute approximate surface area is 231 Å². The second-order valence-electron chi connectivity index (χ2n) is 9.49. The predicted octanol–water partition coefficient (Wildman–Crippen LogP) is 4.62. The molecule has 2 atom stereocenters. The van der Waals surface area contributed by atoms with Crippen molar-refractivity contribution in [2.24, 2.45) is 7.05 Å². The average molecular weight is 573 g/mol. The molecular weight excluding hydrogens is 545 g/mol. The number of nitrogens with one attached hydrogen (secondary N) is 2. The molecule has 3 aromatic heterocycles. The number of amides is 1. The number of fused-ring (bicyclic) bond motifs is 1. The summed E-state index contributed by atoms with van der Waals surface area (Å²) in [5.74, 6) is 1.07. The van der Waals surface area contributed by atoms with Gasteiger partial charge < -0.3 is 34.0 Å². The lowest BCUT2D eigenvalue weighted by atomic mass is 10.1. The van der Waals surface area contributed by atoms with Gasteiger partial charge in [0.1, 0.15) is 23.0 Å². The second kappa shape index (κ2) is 11.2. The number of hydrogen-bond donors (Lipinski definition) is 2. The van der Waals surface area contributed by atoms with E-state index in [0.29, 0.717) is 41.4 Å². The van der Waals surface area contributed by atoms with E-state index in [9.17, 15) is 22.8 Å². The summed E-state index contributed by atoms with van der Waals surface area (Å²) in [5.41, 5.74) is -0.848. The molecule has 0 bridgehead atoms. The van der Waals surface area contributed by atoms with E-state index in [1.165, 1.54) is 20.2 Å². The van der Waals surface area contributed by atoms with Gasteiger partial charge in [0.05, 0.1) is 35.3 Å². The highest BCUT2D eigenvalue weighted by Gasteiger charge is 2.35. The van der Waals surface area contributed by atoms with Gasteiger partial charge in [0.15, 0.2) is 0 Å². The van der Waals surface area contributed by atoms with Gasteiger partial charge in [-0.05, 0) is 30.7 Å². The maximum absolute atomic E-state index is 13.9. The largest absolute Gasteiger partial charge is 0.457 e. The van der Waals surface area contributed by atoms with E-state index in [4.69, 9.17) is 14.2 Å². The van der Waals surface area contributed by atoms with Crippen molar-refractivity contribution in [3.63, 3.8) is 0 Å². The first-order valence-electron chi connectivity index (χ1n) is 12.6. The Morgan fingerprint density at radius 3 is 2.68 bits per heavy atom. The Balaban J connectivity index is 1.48. The maximum atomic E-state index is 13.9. The van der Waals surface area contributed by atoms with Gasteiger partial charge in [0, 0.05) is 52.2 Å². The number of hydrogen-bond acceptors (Lipinski definition) is 8. The predicted molar refractivity (Wildman–Crippen MR) is 144 cm³/mol. The number of anilines is 3. The van der Waals surface area contributed by atoms with Crippen LogP contribution in [0.25, 0.3) is 11.0 Å². The number of ether oxygens (including phenoxy) is 3. The summed E-state index contributed by atoms with van der Waals surface area (Å²) in [6.45, 7) is 1.79. The van der Waals surface area contributed by atoms with Gasteiger partial charge in [0.25, 0.3) is 5.56 Å². The Morgan fingerprint density at radius 2 is 1.95 bits per heavy atom. The molecule has 1 aromatic carbocycles. The molecule has 1 saturated heterocycles. The molecule has 1 aliphatic rings. The Hall–Kier alpha value is -4.43. The van der Waals surface area contributed by atoms with E-state index in [1.54, 1.807) is 41.9 Å². The van der Waals surface area contributed by atoms with E-state index in [2.05, 4.69) is 20.6 Å². The van der Waals surface area contributed by atoms with Gasteiger partial charge in [-0.1, -0.05) is 0 Å². The monoisotopic (exact) mass is 572 g/mol. The van der Waals surface area contributed by atoms with Crippen molar-refractivity contribution >= 4 is 34.4 Å². The molecular formula is C27H27F3N6O5. The van der Waals surface area contributed by atoms with Crippen LogP contribution < -0.4 is 20.9 Å². The minimum atomic E-state index is -4.70. The molecule has 1 fully saturated rings. The lowest BCUT2D eigenvalue weighted by Gasteiger charge is -2.32. The van der Waals surface area contributed by atoms with Gasteiger partial charge in [-0.25, -0.2) is 9.97 Å². The van der Waals surface area contributed by atoms with Crippen molar-refractivity contribution in [2.75, 3.05) is 31.0 Å². The molecule has 41 heavy (non-hydrogen) atoms. The van der Waals surface area contributed by atoms with Crippen molar-refractivity contribution in [1.82, 2.24) is 19.1 Å². The average Bonchev–Trinajstić information content (AvgIpc) is 3.23. The third kappa shape index (κ3) is 6.02. The van der Waals surface area contributed by atoms with E-state index in [0.717, 1.165) is 16.8 Å². The number of methoxy groups -OCH3 is 1. The van der Waals surface area contributed by atoms with Crippen molar-refractivity contribution in [2.45, 2.75) is 31.7 Å². The van der Waals surface area contributed by atoms with Crippen LogP contribution in [0.4, 0.5) is 30.6 Å². The molecule has 4 aromatic rings. The molecule has 4 heterocycles. The van der Waals surface area contributed by atoms with E-state index in [-0.39, 0.29) is 24.1 Å². The minimum Gasteiger partial charge on any atom is -0.457 e. The molecule has 216 valence electrons. The van der Waals surface area contributed by atoms with Crippen LogP contribution >= 0.6 is 0 Å². The fourth-order valence-corrected chi connectivity index (χ4v) is 4.66. The Bertz CT molecular complexity index is 1650. The number of halogens is 3. The molecule has 0 aliphatic carbocycles. The van der Waals surface area contributed by atoms with Gasteiger partial charge >= 0.3 is 6.18 Å². The van der Waals surface area contributed by atoms with Crippen molar-refractivity contribution < 1.29 is 32.2 Å². The van der Waals surface area contributed by atoms with Crippen LogP contribution in [-0.2, 0) is 27.5 Å². The summed E-state index contributed by atoms with van der Waals surface area (Å²) in [6, 6.07) is 8.26. The third-order valence-corrected chi connectivity index (χ3v) is 6.66. The van der Waals surface area contributed by atoms with Crippen LogP contribution in [-0.4, -0.2) is 51.4 Å². The number of alkyl halides is 3. The number of carbonyl (C=O) groups is 1. The number of imidazole rings is 1. The number of pyridine rings is 2. The van der Waals surface area contributed by atoms with Crippen LogP contribution in [0.15, 0.2) is 53.6 Å². The summed E-state index contributed by atoms with van der Waals surface area (Å²) >= 11 is 0. The summed E-state index contributed by atoms with van der Waals surface area (Å²) in [4.78, 5) is 33.3. The summed E-state index contributed by atoms with van der Waals surface area (Å²) in [5, 5.41) is 5.38. The van der Waals surface area contributed by atoms with E-state index in [1.807, 2.05) is 0 Å². The first-order valence-corrected chi connectivity index (χ1v) is 12.6. The summed E-state index contributed by atoms with van der Waals surface area (Å²) in [6.07, 6.45) is -2.46. The zero-order valence-electron chi connectivity index (χ0n) is 22.4. The number of carbonyl (C=O) groups excluding carboxylic acids is 1. The zero-order chi connectivity index (χ0) is 29.3. The summed E-state index contributed by atoms with van der Waals surface area (Å²) in [7, 11) is 3.11. The highest BCUT2D eigenvalue weighted by atomic mass is 19.4. The molecule has 5 rings (SSSR count). The van der Waals surface area contributed by atoms with Gasteiger partial charge in [-0.3, -0.25) is 9.59 Å². The zero-order valence-corrected chi connectivity index (χ0v) is 22.4. The van der Waals surface area contributed by atoms with Crippen LogP contribution in [0.1, 0.15) is 24.9 Å². The molecule has 14 heteroatoms. The SMILES string of the molecule is CO[C@H]1CCOC[C@@H]1n1cc(C(F)(F)F)cc(Nc2nc3ccc(Oc4ccnc(NC(C)=O)c4)cc3n2C)c1=O. The fraction of sp³-hybridized carbons (Fsp3) is 0.333. The minimum absolute atomic E-state index is 0.0397. The van der Waals surface area contributed by atoms with Crippen molar-refractivity contribution in [3.8, 4) is 11.5 Å². The second-order valence-corrected chi connectivity index (χ2v) is 9.49. The van der Waals surface area contributed by atoms with Gasteiger partial charge in [-0.15, -0.1) is 0 Å². The quantitative estimate of drug-likeness (QED) is 0.329. The normalized spacial score (nSPS) is 17.4. The molecule has 1 amide bonds. The Kier molecular flexibility index (Phi) is 7.69. The third-order valence-electron chi connectivity index (χ3n) is 6.66. The van der Waals surface area contributed by atoms with Gasteiger partial charge in [-0.2, -0.15) is 13.2 Å². The highest BCUT2D eigenvalue weighted by molar-refractivity contribution is 5.87. The number of benzene rings is 1.